The molecule has 0 spiro atoms. The third-order valence-corrected chi connectivity index (χ3v) is 9.47. The molecule has 8 nitrogen and oxygen atoms in total. The van der Waals surface area contributed by atoms with E-state index in [4.69, 9.17) is 9.72 Å². The molecule has 1 fully saturated rings. The molecular formula is C27H26F2N4O4S2. The van der Waals surface area contributed by atoms with Crippen LogP contribution in [0.2, 0.25) is 0 Å². The van der Waals surface area contributed by atoms with Crippen molar-refractivity contribution in [3.63, 3.8) is 0 Å². The zero-order valence-electron chi connectivity index (χ0n) is 21.1. The van der Waals surface area contributed by atoms with E-state index in [9.17, 15) is 22.0 Å². The van der Waals surface area contributed by atoms with Crippen molar-refractivity contribution in [3.05, 3.63) is 78.1 Å². The minimum Gasteiger partial charge on any atom is -0.494 e. The van der Waals surface area contributed by atoms with Crippen molar-refractivity contribution in [2.75, 3.05) is 24.6 Å². The van der Waals surface area contributed by atoms with Crippen molar-refractivity contribution in [3.8, 4) is 5.75 Å². The number of anilines is 1. The van der Waals surface area contributed by atoms with Crippen LogP contribution in [-0.2, 0) is 21.4 Å². The van der Waals surface area contributed by atoms with E-state index in [1.165, 1.54) is 11.3 Å². The number of pyridine rings is 1. The summed E-state index contributed by atoms with van der Waals surface area (Å²) in [5.41, 5.74) is 1.41. The van der Waals surface area contributed by atoms with Crippen LogP contribution in [0.25, 0.3) is 10.2 Å². The molecule has 0 saturated carbocycles. The highest BCUT2D eigenvalue weighted by Crippen LogP contribution is 2.34. The van der Waals surface area contributed by atoms with Gasteiger partial charge in [-0.05, 0) is 68.3 Å². The van der Waals surface area contributed by atoms with Crippen molar-refractivity contribution in [2.24, 2.45) is 5.92 Å². The van der Waals surface area contributed by atoms with Crippen molar-refractivity contribution in [1.29, 1.82) is 0 Å². The number of hydrogen-bond donors (Lipinski definition) is 0. The molecule has 1 aliphatic rings. The number of benzene rings is 2. The number of sulfonamides is 1. The van der Waals surface area contributed by atoms with E-state index < -0.39 is 32.5 Å². The van der Waals surface area contributed by atoms with E-state index in [2.05, 4.69) is 4.98 Å². The van der Waals surface area contributed by atoms with Crippen molar-refractivity contribution in [1.82, 2.24) is 14.3 Å². The standard InChI is InChI=1S/C27H26F2N4O4S2/c1-2-37-21-7-9-23-24(16-21)38-27(31-23)33(17-20-5-3-4-12-30-20)26(34)18-10-13-32(14-11-18)39(35,36)25-15-19(28)6-8-22(25)29/h3-9,12,15-16,18H,2,10-11,13-14,17H2,1H3. The van der Waals surface area contributed by atoms with E-state index in [0.29, 0.717) is 29.2 Å². The highest BCUT2D eigenvalue weighted by Gasteiger charge is 2.36. The second-order valence-electron chi connectivity index (χ2n) is 9.06. The number of carbonyl (C=O) groups is 1. The fraction of sp³-hybridized carbons (Fsp3) is 0.296. The van der Waals surface area contributed by atoms with Gasteiger partial charge in [0.15, 0.2) is 5.13 Å². The van der Waals surface area contributed by atoms with Crippen molar-refractivity contribution < 1.29 is 26.7 Å². The SMILES string of the molecule is CCOc1ccc2nc(N(Cc3ccccn3)C(=O)C3CCN(S(=O)(=O)c4cc(F)ccc4F)CC3)sc2c1. The molecule has 204 valence electrons. The summed E-state index contributed by atoms with van der Waals surface area (Å²) < 4.78 is 61.5. The number of thiazole rings is 1. The van der Waals surface area contributed by atoms with Gasteiger partial charge in [0.1, 0.15) is 22.3 Å². The van der Waals surface area contributed by atoms with Crippen LogP contribution < -0.4 is 9.64 Å². The molecule has 2 aromatic carbocycles. The van der Waals surface area contributed by atoms with Gasteiger partial charge < -0.3 is 4.74 Å². The second kappa shape index (κ2) is 11.3. The van der Waals surface area contributed by atoms with Crippen LogP contribution in [0.5, 0.6) is 5.75 Å². The summed E-state index contributed by atoms with van der Waals surface area (Å²) in [6.07, 6.45) is 2.11. The van der Waals surface area contributed by atoms with E-state index in [0.717, 1.165) is 26.7 Å². The lowest BCUT2D eigenvalue weighted by Crippen LogP contribution is -2.44. The summed E-state index contributed by atoms with van der Waals surface area (Å²) in [4.78, 5) is 23.8. The number of ether oxygens (including phenoxy) is 1. The normalized spacial score (nSPS) is 14.9. The monoisotopic (exact) mass is 572 g/mol. The molecule has 39 heavy (non-hydrogen) atoms. The van der Waals surface area contributed by atoms with Gasteiger partial charge in [-0.15, -0.1) is 0 Å². The molecule has 4 aromatic rings. The van der Waals surface area contributed by atoms with Crippen molar-refractivity contribution in [2.45, 2.75) is 31.2 Å². The Morgan fingerprint density at radius 3 is 2.64 bits per heavy atom. The first-order valence-corrected chi connectivity index (χ1v) is 14.7. The highest BCUT2D eigenvalue weighted by atomic mass is 32.2. The number of halogens is 2. The lowest BCUT2D eigenvalue weighted by Gasteiger charge is -2.33. The van der Waals surface area contributed by atoms with Gasteiger partial charge in [0, 0.05) is 25.2 Å². The first-order valence-electron chi connectivity index (χ1n) is 12.5. The molecule has 0 radical (unpaired) electrons. The number of nitrogens with zero attached hydrogens (tertiary/aromatic N) is 4. The zero-order valence-corrected chi connectivity index (χ0v) is 22.7. The molecule has 1 saturated heterocycles. The van der Waals surface area contributed by atoms with Crippen LogP contribution in [0.1, 0.15) is 25.5 Å². The van der Waals surface area contributed by atoms with Crippen LogP contribution in [0.4, 0.5) is 13.9 Å². The molecule has 3 heterocycles. The Bertz CT molecular complexity index is 1590. The largest absolute Gasteiger partial charge is 0.494 e. The number of hydrogen-bond acceptors (Lipinski definition) is 7. The van der Waals surface area contributed by atoms with Crippen molar-refractivity contribution >= 4 is 42.6 Å². The number of fused-ring (bicyclic) bond motifs is 1. The second-order valence-corrected chi connectivity index (χ2v) is 12.0. The molecule has 0 bridgehead atoms. The Labute approximate surface area is 228 Å². The van der Waals surface area contributed by atoms with Crippen LogP contribution >= 0.6 is 11.3 Å². The molecule has 0 atom stereocenters. The summed E-state index contributed by atoms with van der Waals surface area (Å²) in [6.45, 7) is 2.64. The molecule has 0 unspecified atom stereocenters. The summed E-state index contributed by atoms with van der Waals surface area (Å²) in [5.74, 6) is -1.82. The van der Waals surface area contributed by atoms with Gasteiger partial charge in [0.05, 0.1) is 29.1 Å². The summed E-state index contributed by atoms with van der Waals surface area (Å²) in [5, 5.41) is 0.506. The maximum Gasteiger partial charge on any atom is 0.246 e. The molecule has 1 aliphatic heterocycles. The third-order valence-electron chi connectivity index (χ3n) is 6.52. The molecular weight excluding hydrogens is 546 g/mol. The minimum absolute atomic E-state index is 0.00365. The van der Waals surface area contributed by atoms with E-state index >= 15 is 0 Å². The molecule has 12 heteroatoms. The number of rotatable bonds is 8. The fourth-order valence-corrected chi connectivity index (χ4v) is 7.08. The maximum absolute atomic E-state index is 14.2. The van der Waals surface area contributed by atoms with E-state index in [1.54, 1.807) is 17.2 Å². The van der Waals surface area contributed by atoms with Gasteiger partial charge in [-0.3, -0.25) is 14.7 Å². The molecule has 1 amide bonds. The van der Waals surface area contributed by atoms with Gasteiger partial charge in [0.25, 0.3) is 0 Å². The van der Waals surface area contributed by atoms with Gasteiger partial charge >= 0.3 is 0 Å². The Kier molecular flexibility index (Phi) is 7.87. The number of piperidine rings is 1. The van der Waals surface area contributed by atoms with Crippen LogP contribution in [-0.4, -0.2) is 48.3 Å². The molecule has 2 aromatic heterocycles. The van der Waals surface area contributed by atoms with E-state index in [1.807, 2.05) is 37.3 Å². The minimum atomic E-state index is -4.25. The summed E-state index contributed by atoms with van der Waals surface area (Å²) >= 11 is 1.36. The first-order chi connectivity index (χ1) is 18.8. The number of amides is 1. The van der Waals surface area contributed by atoms with E-state index in [-0.39, 0.29) is 38.4 Å². The highest BCUT2D eigenvalue weighted by molar-refractivity contribution is 7.89. The predicted molar refractivity (Wildman–Crippen MR) is 144 cm³/mol. The molecule has 5 rings (SSSR count). The lowest BCUT2D eigenvalue weighted by molar-refractivity contribution is -0.123. The van der Waals surface area contributed by atoms with Gasteiger partial charge in [-0.2, -0.15) is 4.31 Å². The fourth-order valence-electron chi connectivity index (χ4n) is 4.54. The van der Waals surface area contributed by atoms with Crippen LogP contribution in [0.3, 0.4) is 0 Å². The van der Waals surface area contributed by atoms with Crippen LogP contribution in [0, 0.1) is 17.6 Å². The third kappa shape index (κ3) is 5.77. The number of aromatic nitrogens is 2. The topological polar surface area (TPSA) is 92.7 Å². The first kappa shape index (κ1) is 27.1. The Balaban J connectivity index is 1.38. The maximum atomic E-state index is 14.2. The molecule has 0 N–H and O–H groups in total. The Hall–Kier alpha value is -3.48. The number of carbonyl (C=O) groups excluding carboxylic acids is 1. The summed E-state index contributed by atoms with van der Waals surface area (Å²) in [7, 11) is -4.25. The zero-order chi connectivity index (χ0) is 27.6. The smallest absolute Gasteiger partial charge is 0.246 e. The average Bonchev–Trinajstić information content (AvgIpc) is 3.36. The molecule has 0 aliphatic carbocycles. The van der Waals surface area contributed by atoms with Crippen LogP contribution in [0.15, 0.2) is 65.7 Å². The lowest BCUT2D eigenvalue weighted by atomic mass is 9.96. The average molecular weight is 573 g/mol. The quantitative estimate of drug-likeness (QED) is 0.295. The summed E-state index contributed by atoms with van der Waals surface area (Å²) in [6, 6.07) is 13.4. The Morgan fingerprint density at radius 1 is 1.13 bits per heavy atom. The van der Waals surface area contributed by atoms with Gasteiger partial charge in [-0.1, -0.05) is 17.4 Å². The Morgan fingerprint density at radius 2 is 1.92 bits per heavy atom. The van der Waals surface area contributed by atoms with Gasteiger partial charge in [0.2, 0.25) is 15.9 Å². The van der Waals surface area contributed by atoms with Gasteiger partial charge in [-0.25, -0.2) is 22.2 Å². The predicted octanol–water partition coefficient (Wildman–Crippen LogP) is 5.00.